The van der Waals surface area contributed by atoms with Crippen LogP contribution in [-0.2, 0) is 5.41 Å². The third kappa shape index (κ3) is 2.30. The van der Waals surface area contributed by atoms with Crippen molar-refractivity contribution < 1.29 is 5.11 Å². The predicted molar refractivity (Wildman–Crippen MR) is 65.7 cm³/mol. The summed E-state index contributed by atoms with van der Waals surface area (Å²) in [5, 5.41) is 9.02. The second kappa shape index (κ2) is 4.09. The van der Waals surface area contributed by atoms with Gasteiger partial charge in [0.25, 0.3) is 0 Å². The lowest BCUT2D eigenvalue weighted by molar-refractivity contribution is 0.267. The Balaban J connectivity index is 2.48. The highest BCUT2D eigenvalue weighted by molar-refractivity contribution is 5.34. The number of rotatable bonds is 2. The Morgan fingerprint density at radius 3 is 2.71 bits per heavy atom. The van der Waals surface area contributed by atoms with Crippen molar-refractivity contribution in [3.05, 3.63) is 29.8 Å². The quantitative estimate of drug-likeness (QED) is 0.813. The van der Waals surface area contributed by atoms with E-state index in [4.69, 9.17) is 10.8 Å². The van der Waals surface area contributed by atoms with Crippen LogP contribution in [0.4, 0.5) is 0 Å². The molecule has 0 aliphatic rings. The molecule has 5 nitrogen and oxygen atoms in total. The van der Waals surface area contributed by atoms with Crippen molar-refractivity contribution in [1.29, 1.82) is 0 Å². The van der Waals surface area contributed by atoms with E-state index in [0.29, 0.717) is 5.78 Å². The van der Waals surface area contributed by atoms with E-state index >= 15 is 0 Å². The van der Waals surface area contributed by atoms with Crippen LogP contribution in [0.1, 0.15) is 38.1 Å². The lowest BCUT2D eigenvalue weighted by Crippen LogP contribution is -2.15. The first-order valence-corrected chi connectivity index (χ1v) is 5.63. The number of aromatic nitrogens is 3. The molecule has 2 heterocycles. The summed E-state index contributed by atoms with van der Waals surface area (Å²) >= 11 is 0. The molecule has 1 unspecified atom stereocenters. The lowest BCUT2D eigenvalue weighted by Gasteiger charge is -2.13. The van der Waals surface area contributed by atoms with Gasteiger partial charge in [-0.15, -0.1) is 0 Å². The summed E-state index contributed by atoms with van der Waals surface area (Å²) in [6.45, 7) is 6.23. The topological polar surface area (TPSA) is 76.4 Å². The summed E-state index contributed by atoms with van der Waals surface area (Å²) in [6.07, 6.45) is 5.48. The molecule has 0 bridgehead atoms. The highest BCUT2D eigenvalue weighted by Gasteiger charge is 2.18. The molecule has 5 heteroatoms. The SMILES string of the molecule is CC(C)(C)c1cn2cc(C(N)CO)cnc2n1. The first-order valence-electron chi connectivity index (χ1n) is 5.63. The van der Waals surface area contributed by atoms with E-state index in [1.165, 1.54) is 0 Å². The fraction of sp³-hybridized carbons (Fsp3) is 0.500. The lowest BCUT2D eigenvalue weighted by atomic mass is 9.93. The van der Waals surface area contributed by atoms with E-state index in [1.807, 2.05) is 16.8 Å². The Hall–Kier alpha value is -1.46. The van der Waals surface area contributed by atoms with E-state index < -0.39 is 6.04 Å². The normalized spacial score (nSPS) is 14.2. The number of nitrogens with zero attached hydrogens (tertiary/aromatic N) is 3. The second-order valence-corrected chi connectivity index (χ2v) is 5.26. The maximum absolute atomic E-state index is 9.02. The van der Waals surface area contributed by atoms with E-state index in [2.05, 4.69) is 30.7 Å². The molecule has 2 aromatic heterocycles. The highest BCUT2D eigenvalue weighted by Crippen LogP contribution is 2.21. The number of imidazole rings is 1. The van der Waals surface area contributed by atoms with Crippen LogP contribution in [0.2, 0.25) is 0 Å². The van der Waals surface area contributed by atoms with Gasteiger partial charge in [0.2, 0.25) is 5.78 Å². The van der Waals surface area contributed by atoms with Crippen molar-refractivity contribution in [3.63, 3.8) is 0 Å². The first kappa shape index (κ1) is 12.0. The van der Waals surface area contributed by atoms with Gasteiger partial charge in [-0.3, -0.25) is 4.40 Å². The average Bonchev–Trinajstić information content (AvgIpc) is 2.70. The molecule has 0 saturated carbocycles. The molecule has 3 N–H and O–H groups in total. The molecule has 0 saturated heterocycles. The summed E-state index contributed by atoms with van der Waals surface area (Å²) in [7, 11) is 0. The van der Waals surface area contributed by atoms with Crippen LogP contribution in [-0.4, -0.2) is 26.1 Å². The van der Waals surface area contributed by atoms with E-state index in [9.17, 15) is 0 Å². The second-order valence-electron chi connectivity index (χ2n) is 5.26. The largest absolute Gasteiger partial charge is 0.394 e. The molecule has 1 atom stereocenters. The van der Waals surface area contributed by atoms with Gasteiger partial charge in [0, 0.05) is 29.6 Å². The minimum atomic E-state index is -0.396. The Morgan fingerprint density at radius 1 is 1.41 bits per heavy atom. The van der Waals surface area contributed by atoms with Crippen LogP contribution >= 0.6 is 0 Å². The van der Waals surface area contributed by atoms with Crippen LogP contribution in [0, 0.1) is 0 Å². The molecule has 0 fully saturated rings. The minimum Gasteiger partial charge on any atom is -0.394 e. The van der Waals surface area contributed by atoms with E-state index in [0.717, 1.165) is 11.3 Å². The fourth-order valence-corrected chi connectivity index (χ4v) is 1.56. The third-order valence-electron chi connectivity index (χ3n) is 2.72. The maximum atomic E-state index is 9.02. The smallest absolute Gasteiger partial charge is 0.233 e. The van der Waals surface area contributed by atoms with Crippen LogP contribution in [0.3, 0.4) is 0 Å². The van der Waals surface area contributed by atoms with Gasteiger partial charge in [-0.05, 0) is 0 Å². The zero-order valence-electron chi connectivity index (χ0n) is 10.4. The molecule has 2 aromatic rings. The van der Waals surface area contributed by atoms with Crippen molar-refractivity contribution >= 4 is 5.78 Å². The Morgan fingerprint density at radius 2 is 2.12 bits per heavy atom. The van der Waals surface area contributed by atoms with Crippen molar-refractivity contribution in [1.82, 2.24) is 14.4 Å². The number of fused-ring (bicyclic) bond motifs is 1. The predicted octanol–water partition coefficient (Wildman–Crippen LogP) is 1.02. The number of nitrogens with two attached hydrogens (primary N) is 1. The molecule has 17 heavy (non-hydrogen) atoms. The molecular weight excluding hydrogens is 216 g/mol. The molecule has 0 amide bonds. The molecule has 0 aromatic carbocycles. The maximum Gasteiger partial charge on any atom is 0.233 e. The van der Waals surface area contributed by atoms with Gasteiger partial charge in [0.05, 0.1) is 18.3 Å². The number of aliphatic hydroxyl groups is 1. The molecule has 2 rings (SSSR count). The van der Waals surface area contributed by atoms with Crippen LogP contribution < -0.4 is 5.73 Å². The van der Waals surface area contributed by atoms with Gasteiger partial charge >= 0.3 is 0 Å². The molecule has 0 aliphatic heterocycles. The first-order chi connectivity index (χ1) is 7.91. The Labute approximate surface area is 100 Å². The van der Waals surface area contributed by atoms with E-state index in [1.54, 1.807) is 6.20 Å². The summed E-state index contributed by atoms with van der Waals surface area (Å²) in [4.78, 5) is 8.70. The Kier molecular flexibility index (Phi) is 2.89. The van der Waals surface area contributed by atoms with Gasteiger partial charge in [0.15, 0.2) is 0 Å². The molecule has 0 radical (unpaired) electrons. The molecule has 0 aliphatic carbocycles. The van der Waals surface area contributed by atoms with Crippen LogP contribution in [0.5, 0.6) is 0 Å². The monoisotopic (exact) mass is 234 g/mol. The minimum absolute atomic E-state index is 0.00699. The van der Waals surface area contributed by atoms with Crippen molar-refractivity contribution in [3.8, 4) is 0 Å². The average molecular weight is 234 g/mol. The zero-order valence-corrected chi connectivity index (χ0v) is 10.4. The van der Waals surface area contributed by atoms with Gasteiger partial charge < -0.3 is 10.8 Å². The van der Waals surface area contributed by atoms with Gasteiger partial charge in [-0.25, -0.2) is 9.97 Å². The van der Waals surface area contributed by atoms with Crippen LogP contribution in [0.25, 0.3) is 5.78 Å². The van der Waals surface area contributed by atoms with Crippen molar-refractivity contribution in [2.75, 3.05) is 6.61 Å². The third-order valence-corrected chi connectivity index (χ3v) is 2.72. The summed E-state index contributed by atoms with van der Waals surface area (Å²) in [6, 6.07) is -0.396. The highest BCUT2D eigenvalue weighted by atomic mass is 16.3. The molecular formula is C12H18N4O. The van der Waals surface area contributed by atoms with Gasteiger partial charge in [-0.2, -0.15) is 0 Å². The van der Waals surface area contributed by atoms with Crippen LogP contribution in [0.15, 0.2) is 18.6 Å². The summed E-state index contributed by atoms with van der Waals surface area (Å²) in [5.41, 5.74) is 7.54. The summed E-state index contributed by atoms with van der Waals surface area (Å²) in [5.74, 6) is 0.656. The number of hydrogen-bond donors (Lipinski definition) is 2. The molecule has 0 spiro atoms. The fourth-order valence-electron chi connectivity index (χ4n) is 1.56. The standard InChI is InChI=1S/C12H18N4O/c1-12(2,3)10-6-16-5-8(9(13)7-17)4-14-11(16)15-10/h4-6,9,17H,7,13H2,1-3H3. The van der Waals surface area contributed by atoms with Gasteiger partial charge in [-0.1, -0.05) is 20.8 Å². The van der Waals surface area contributed by atoms with Gasteiger partial charge in [0.1, 0.15) is 0 Å². The zero-order chi connectivity index (χ0) is 12.6. The van der Waals surface area contributed by atoms with E-state index in [-0.39, 0.29) is 12.0 Å². The number of hydrogen-bond acceptors (Lipinski definition) is 4. The number of aliphatic hydroxyl groups excluding tert-OH is 1. The van der Waals surface area contributed by atoms with Crippen molar-refractivity contribution in [2.45, 2.75) is 32.2 Å². The summed E-state index contributed by atoms with van der Waals surface area (Å²) < 4.78 is 1.85. The molecule has 92 valence electrons. The van der Waals surface area contributed by atoms with Crippen molar-refractivity contribution in [2.24, 2.45) is 5.73 Å². The Bertz CT molecular complexity index is 527.